The summed E-state index contributed by atoms with van der Waals surface area (Å²) in [6, 6.07) is 11.9. The van der Waals surface area contributed by atoms with Crippen molar-refractivity contribution in [2.75, 3.05) is 19.8 Å². The Balaban J connectivity index is 0.000000318. The van der Waals surface area contributed by atoms with Crippen molar-refractivity contribution in [1.29, 1.82) is 0 Å². The maximum absolute atomic E-state index is 10.6. The topological polar surface area (TPSA) is 58.6 Å². The van der Waals surface area contributed by atoms with Gasteiger partial charge < -0.3 is 15.2 Å². The number of hydrogen-bond donors (Lipinski definition) is 2. The predicted octanol–water partition coefficient (Wildman–Crippen LogP) is 5.00. The number of carbonyl (C=O) groups is 1. The highest BCUT2D eigenvalue weighted by Crippen LogP contribution is 2.43. The van der Waals surface area contributed by atoms with Gasteiger partial charge in [-0.05, 0) is 61.3 Å². The fourth-order valence-corrected chi connectivity index (χ4v) is 4.90. The second-order valence-electron chi connectivity index (χ2n) is 8.74. The molecule has 0 bridgehead atoms. The summed E-state index contributed by atoms with van der Waals surface area (Å²) in [5.74, 6) is 0.540. The van der Waals surface area contributed by atoms with Crippen LogP contribution in [-0.4, -0.2) is 43.1 Å². The summed E-state index contributed by atoms with van der Waals surface area (Å²) in [4.78, 5) is 8.90. The number of alkyl halides is 3. The lowest BCUT2D eigenvalue weighted by Gasteiger charge is -2.36. The monoisotopic (exact) mass is 427 g/mol. The van der Waals surface area contributed by atoms with Gasteiger partial charge in [-0.2, -0.15) is 13.2 Å². The van der Waals surface area contributed by atoms with Gasteiger partial charge in [-0.25, -0.2) is 4.79 Å². The fourth-order valence-electron chi connectivity index (χ4n) is 4.90. The lowest BCUT2D eigenvalue weighted by molar-refractivity contribution is -0.192. The average molecular weight is 428 g/mol. The highest BCUT2D eigenvalue weighted by Gasteiger charge is 2.38. The number of ether oxygens (including phenoxy) is 1. The van der Waals surface area contributed by atoms with E-state index in [1.165, 1.54) is 51.5 Å². The smallest absolute Gasteiger partial charge is 0.475 e. The van der Waals surface area contributed by atoms with E-state index in [-0.39, 0.29) is 0 Å². The third-order valence-corrected chi connectivity index (χ3v) is 6.65. The standard InChI is InChI=1S/C21H31NO.C2HF3O2/c1-2-6-16(7-3-1)20(17-10-11-17)14-22-21-9-5-4-8-19(21)18-12-13-23-15-18;3-2(4,5)1(6)7/h1-3,6-7,17-22H,4-5,8-15H2;(H,6,7). The first-order valence-corrected chi connectivity index (χ1v) is 11.0. The zero-order valence-corrected chi connectivity index (χ0v) is 17.2. The minimum atomic E-state index is -5.08. The summed E-state index contributed by atoms with van der Waals surface area (Å²) < 4.78 is 37.4. The second kappa shape index (κ2) is 10.6. The van der Waals surface area contributed by atoms with Crippen LogP contribution in [0.25, 0.3) is 0 Å². The maximum atomic E-state index is 10.6. The third-order valence-electron chi connectivity index (χ3n) is 6.65. The predicted molar refractivity (Wildman–Crippen MR) is 108 cm³/mol. The van der Waals surface area contributed by atoms with Crippen molar-refractivity contribution < 1.29 is 27.8 Å². The highest BCUT2D eigenvalue weighted by atomic mass is 19.4. The molecule has 4 rings (SSSR count). The van der Waals surface area contributed by atoms with Crippen LogP contribution in [0.4, 0.5) is 13.2 Å². The number of halogens is 3. The van der Waals surface area contributed by atoms with Crippen LogP contribution in [0.3, 0.4) is 0 Å². The Morgan fingerprint density at radius 1 is 1.10 bits per heavy atom. The number of nitrogens with one attached hydrogen (secondary N) is 1. The van der Waals surface area contributed by atoms with Crippen molar-refractivity contribution in [1.82, 2.24) is 5.32 Å². The summed E-state index contributed by atoms with van der Waals surface area (Å²) in [6.07, 6.45) is 4.65. The minimum Gasteiger partial charge on any atom is -0.475 e. The van der Waals surface area contributed by atoms with Gasteiger partial charge >= 0.3 is 12.1 Å². The molecule has 3 aliphatic rings. The van der Waals surface area contributed by atoms with Crippen LogP contribution in [0.2, 0.25) is 0 Å². The van der Waals surface area contributed by atoms with Gasteiger partial charge in [0, 0.05) is 25.8 Å². The molecule has 1 aromatic carbocycles. The summed E-state index contributed by atoms with van der Waals surface area (Å²) in [5, 5.41) is 11.1. The Bertz CT molecular complexity index is 657. The van der Waals surface area contributed by atoms with Gasteiger partial charge in [-0.1, -0.05) is 43.2 Å². The molecule has 4 unspecified atom stereocenters. The Morgan fingerprint density at radius 3 is 2.33 bits per heavy atom. The molecule has 1 heterocycles. The molecule has 2 saturated carbocycles. The van der Waals surface area contributed by atoms with Gasteiger partial charge in [0.1, 0.15) is 0 Å². The number of carboxylic acids is 1. The van der Waals surface area contributed by atoms with Gasteiger partial charge in [0.15, 0.2) is 0 Å². The molecule has 3 fully saturated rings. The highest BCUT2D eigenvalue weighted by molar-refractivity contribution is 5.73. The molecule has 1 aromatic rings. The quantitative estimate of drug-likeness (QED) is 0.671. The first kappa shape index (κ1) is 23.1. The molecule has 30 heavy (non-hydrogen) atoms. The second-order valence-corrected chi connectivity index (χ2v) is 8.74. The van der Waals surface area contributed by atoms with Crippen LogP contribution >= 0.6 is 0 Å². The lowest BCUT2D eigenvalue weighted by Crippen LogP contribution is -2.43. The SMILES string of the molecule is O=C(O)C(F)(F)F.c1ccc(C(CNC2CCCCC2C2CCOC2)C2CC2)cc1. The molecule has 2 N–H and O–H groups in total. The number of aliphatic carboxylic acids is 1. The molecule has 7 heteroatoms. The molecule has 4 atom stereocenters. The van der Waals surface area contributed by atoms with E-state index in [0.717, 1.165) is 42.9 Å². The Hall–Kier alpha value is -1.60. The summed E-state index contributed by atoms with van der Waals surface area (Å²) >= 11 is 0. The molecule has 0 aromatic heterocycles. The van der Waals surface area contributed by atoms with Crippen LogP contribution < -0.4 is 5.32 Å². The molecule has 0 spiro atoms. The first-order chi connectivity index (χ1) is 14.4. The van der Waals surface area contributed by atoms with E-state index in [1.807, 2.05) is 0 Å². The van der Waals surface area contributed by atoms with E-state index >= 15 is 0 Å². The van der Waals surface area contributed by atoms with Gasteiger partial charge in [0.2, 0.25) is 0 Å². The molecular formula is C23H32F3NO3. The maximum Gasteiger partial charge on any atom is 0.490 e. The fraction of sp³-hybridized carbons (Fsp3) is 0.696. The van der Waals surface area contributed by atoms with E-state index in [9.17, 15) is 13.2 Å². The van der Waals surface area contributed by atoms with Gasteiger partial charge in [-0.15, -0.1) is 0 Å². The van der Waals surface area contributed by atoms with Gasteiger partial charge in [0.05, 0.1) is 0 Å². The third kappa shape index (κ3) is 6.71. The van der Waals surface area contributed by atoms with Gasteiger partial charge in [-0.3, -0.25) is 0 Å². The van der Waals surface area contributed by atoms with Crippen LogP contribution in [0.15, 0.2) is 30.3 Å². The number of hydrogen-bond acceptors (Lipinski definition) is 3. The van der Waals surface area contributed by atoms with Gasteiger partial charge in [0.25, 0.3) is 0 Å². The number of rotatable bonds is 6. The number of carboxylic acid groups (broad SMARTS) is 1. The normalized spacial score (nSPS) is 27.8. The Kier molecular flexibility index (Phi) is 8.17. The summed E-state index contributed by atoms with van der Waals surface area (Å²) in [5.41, 5.74) is 1.54. The molecule has 1 saturated heterocycles. The zero-order chi connectivity index (χ0) is 21.6. The molecular weight excluding hydrogens is 395 g/mol. The molecule has 4 nitrogen and oxygen atoms in total. The molecule has 0 radical (unpaired) electrons. The average Bonchev–Trinajstić information content (AvgIpc) is 3.41. The molecule has 2 aliphatic carbocycles. The summed E-state index contributed by atoms with van der Waals surface area (Å²) in [6.45, 7) is 3.17. The van der Waals surface area contributed by atoms with E-state index in [2.05, 4.69) is 35.6 Å². The van der Waals surface area contributed by atoms with Crippen LogP contribution in [0, 0.1) is 17.8 Å². The van der Waals surface area contributed by atoms with E-state index in [1.54, 1.807) is 5.56 Å². The van der Waals surface area contributed by atoms with Crippen LogP contribution in [0.5, 0.6) is 0 Å². The van der Waals surface area contributed by atoms with Crippen molar-refractivity contribution in [2.45, 2.75) is 63.1 Å². The Labute approximate surface area is 176 Å². The van der Waals surface area contributed by atoms with Crippen LogP contribution in [-0.2, 0) is 9.53 Å². The van der Waals surface area contributed by atoms with Crippen molar-refractivity contribution in [3.8, 4) is 0 Å². The van der Waals surface area contributed by atoms with Crippen molar-refractivity contribution in [2.24, 2.45) is 17.8 Å². The first-order valence-electron chi connectivity index (χ1n) is 11.0. The number of benzene rings is 1. The summed E-state index contributed by atoms with van der Waals surface area (Å²) in [7, 11) is 0. The lowest BCUT2D eigenvalue weighted by atomic mass is 9.76. The van der Waals surface area contributed by atoms with E-state index < -0.39 is 12.1 Å². The Morgan fingerprint density at radius 2 is 1.77 bits per heavy atom. The van der Waals surface area contributed by atoms with E-state index in [0.29, 0.717) is 0 Å². The minimum absolute atomic E-state index is 0.721. The van der Waals surface area contributed by atoms with E-state index in [4.69, 9.17) is 14.6 Å². The molecule has 1 aliphatic heterocycles. The molecule has 0 amide bonds. The van der Waals surface area contributed by atoms with Crippen molar-refractivity contribution >= 4 is 5.97 Å². The molecule has 168 valence electrons. The largest absolute Gasteiger partial charge is 0.490 e. The zero-order valence-electron chi connectivity index (χ0n) is 17.2. The van der Waals surface area contributed by atoms with Crippen LogP contribution in [0.1, 0.15) is 56.4 Å². The van der Waals surface area contributed by atoms with Crippen molar-refractivity contribution in [3.63, 3.8) is 0 Å². The van der Waals surface area contributed by atoms with Crippen molar-refractivity contribution in [3.05, 3.63) is 35.9 Å².